The molecular formula is C17H18FN3O12P2. The molecule has 35 heavy (non-hydrogen) atoms. The zero-order valence-corrected chi connectivity index (χ0v) is 19.2. The molecule has 3 heterocycles. The van der Waals surface area contributed by atoms with E-state index in [1.54, 1.807) is 0 Å². The van der Waals surface area contributed by atoms with Crippen LogP contribution in [0.2, 0.25) is 0 Å². The van der Waals surface area contributed by atoms with Crippen LogP contribution in [0.3, 0.4) is 0 Å². The zero-order chi connectivity index (χ0) is 25.5. The minimum absolute atomic E-state index is 0.0985. The Morgan fingerprint density at radius 2 is 1.97 bits per heavy atom. The summed E-state index contributed by atoms with van der Waals surface area (Å²) in [6.07, 6.45) is -5.44. The van der Waals surface area contributed by atoms with E-state index in [9.17, 15) is 38.2 Å². The van der Waals surface area contributed by atoms with Gasteiger partial charge in [0.05, 0.1) is 13.2 Å². The number of aliphatic hydroxyl groups excluding tert-OH is 2. The van der Waals surface area contributed by atoms with Gasteiger partial charge in [0.1, 0.15) is 29.8 Å². The Morgan fingerprint density at radius 3 is 2.69 bits per heavy atom. The lowest BCUT2D eigenvalue weighted by Gasteiger charge is -2.18. The lowest BCUT2D eigenvalue weighted by atomic mass is 10.1. The van der Waals surface area contributed by atoms with E-state index in [0.29, 0.717) is 5.39 Å². The highest BCUT2D eigenvalue weighted by molar-refractivity contribution is 7.55. The first-order valence-corrected chi connectivity index (χ1v) is 12.5. The van der Waals surface area contributed by atoms with Crippen LogP contribution in [0.5, 0.6) is 0 Å². The molecule has 1 aliphatic heterocycles. The summed E-state index contributed by atoms with van der Waals surface area (Å²) in [6, 6.07) is 4.59. The summed E-state index contributed by atoms with van der Waals surface area (Å²) in [7, 11) is -8.78. The third-order valence-corrected chi connectivity index (χ3v) is 7.14. The molecule has 3 unspecified atom stereocenters. The van der Waals surface area contributed by atoms with Crippen molar-refractivity contribution >= 4 is 27.0 Å². The van der Waals surface area contributed by atoms with Crippen molar-refractivity contribution in [2.45, 2.75) is 31.1 Å². The summed E-state index contributed by atoms with van der Waals surface area (Å²) < 4.78 is 55.9. The van der Waals surface area contributed by atoms with Crippen LogP contribution in [0.1, 0.15) is 11.9 Å². The van der Waals surface area contributed by atoms with Crippen molar-refractivity contribution in [3.05, 3.63) is 62.8 Å². The number of benzene rings is 1. The number of aliphatic hydroxyl groups is 2. The molecule has 3 aromatic rings. The molecule has 6 atom stereocenters. The highest BCUT2D eigenvalue weighted by Gasteiger charge is 2.45. The van der Waals surface area contributed by atoms with E-state index in [-0.39, 0.29) is 17.8 Å². The Labute approximate surface area is 194 Å². The Morgan fingerprint density at radius 1 is 1.23 bits per heavy atom. The van der Waals surface area contributed by atoms with E-state index < -0.39 is 64.3 Å². The summed E-state index contributed by atoms with van der Waals surface area (Å²) in [6.45, 7) is -1.23. The van der Waals surface area contributed by atoms with Crippen LogP contribution in [0, 0.1) is 5.82 Å². The van der Waals surface area contributed by atoms with Gasteiger partial charge in [-0.15, -0.1) is 0 Å². The van der Waals surface area contributed by atoms with Gasteiger partial charge in [0.15, 0.2) is 11.8 Å². The molecule has 190 valence electrons. The fourth-order valence-electron chi connectivity index (χ4n) is 3.49. The van der Waals surface area contributed by atoms with Crippen LogP contribution in [0.25, 0.3) is 11.0 Å². The second-order valence-electron chi connectivity index (χ2n) is 7.37. The standard InChI is InChI=1S/C17H18FN3O12P2/c18-8-1-2-9-10(19-32-11(9)5-8)6-21-13(22)3-4-20(17(21)25)16-15(24)14(23)12(31-16)7-30-35(28,29)33-34(26)27/h1-5,12,14-16,23-24,34H,6-7H2,(H,26,27)(H,28,29)/t12-,14?,15+,16-/m1/s1. The summed E-state index contributed by atoms with van der Waals surface area (Å²) in [5, 5.41) is 24.7. The maximum absolute atomic E-state index is 13.4. The SMILES string of the molecule is O=c1ccn([C@@H]2O[C@H](COP(=O)(O)O[PH](=O)O)C(O)[C@@H]2O)c(=O)n1Cc1noc2cc(F)ccc12. The third kappa shape index (κ3) is 5.35. The first-order chi connectivity index (χ1) is 16.5. The van der Waals surface area contributed by atoms with Crippen LogP contribution in [-0.4, -0.2) is 59.2 Å². The maximum Gasteiger partial charge on any atom is 0.479 e. The molecular weight excluding hydrogens is 519 g/mol. The molecule has 15 nitrogen and oxygen atoms in total. The number of halogens is 1. The van der Waals surface area contributed by atoms with Gasteiger partial charge in [-0.1, -0.05) is 5.16 Å². The number of aromatic nitrogens is 3. The minimum Gasteiger partial charge on any atom is -0.387 e. The summed E-state index contributed by atoms with van der Waals surface area (Å²) >= 11 is 0. The van der Waals surface area contributed by atoms with Crippen molar-refractivity contribution in [1.29, 1.82) is 0 Å². The molecule has 18 heteroatoms. The van der Waals surface area contributed by atoms with Crippen molar-refractivity contribution < 1.29 is 51.6 Å². The van der Waals surface area contributed by atoms with Gasteiger partial charge >= 0.3 is 21.8 Å². The second-order valence-corrected chi connectivity index (χ2v) is 9.82. The molecule has 0 amide bonds. The lowest BCUT2D eigenvalue weighted by molar-refractivity contribution is -0.0546. The third-order valence-electron chi connectivity index (χ3n) is 5.12. The Bertz CT molecular complexity index is 1440. The molecule has 0 bridgehead atoms. The summed E-state index contributed by atoms with van der Waals surface area (Å²) in [5.74, 6) is -0.571. The largest absolute Gasteiger partial charge is 0.479 e. The zero-order valence-electron chi connectivity index (χ0n) is 17.3. The predicted molar refractivity (Wildman–Crippen MR) is 112 cm³/mol. The van der Waals surface area contributed by atoms with Gasteiger partial charge in [-0.2, -0.15) is 0 Å². The first-order valence-electron chi connectivity index (χ1n) is 9.74. The van der Waals surface area contributed by atoms with E-state index in [1.807, 2.05) is 0 Å². The average Bonchev–Trinajstić information content (AvgIpc) is 3.29. The number of hydrogen-bond donors (Lipinski definition) is 4. The summed E-state index contributed by atoms with van der Waals surface area (Å²) in [4.78, 5) is 43.4. The molecule has 1 saturated heterocycles. The van der Waals surface area contributed by atoms with Crippen LogP contribution in [0.15, 0.2) is 44.6 Å². The normalized spacial score (nSPS) is 25.1. The van der Waals surface area contributed by atoms with Crippen molar-refractivity contribution in [3.8, 4) is 0 Å². The van der Waals surface area contributed by atoms with Gasteiger partial charge in [-0.3, -0.25) is 23.0 Å². The fourth-order valence-corrected chi connectivity index (χ4v) is 4.82. The van der Waals surface area contributed by atoms with E-state index in [4.69, 9.17) is 14.2 Å². The Balaban J connectivity index is 1.58. The van der Waals surface area contributed by atoms with Crippen molar-refractivity contribution in [2.75, 3.05) is 6.61 Å². The minimum atomic E-state index is -4.96. The highest BCUT2D eigenvalue weighted by atomic mass is 31.2. The number of nitrogens with zero attached hydrogens (tertiary/aromatic N) is 3. The van der Waals surface area contributed by atoms with Crippen molar-refractivity contribution in [2.24, 2.45) is 0 Å². The maximum atomic E-state index is 13.4. The molecule has 1 fully saturated rings. The molecule has 0 saturated carbocycles. The first kappa shape index (κ1) is 25.6. The molecule has 0 aliphatic carbocycles. The van der Waals surface area contributed by atoms with Gasteiger partial charge in [-0.05, 0) is 12.1 Å². The highest BCUT2D eigenvalue weighted by Crippen LogP contribution is 2.51. The Hall–Kier alpha value is -2.52. The smallest absolute Gasteiger partial charge is 0.387 e. The quantitative estimate of drug-likeness (QED) is 0.267. The second kappa shape index (κ2) is 9.85. The lowest BCUT2D eigenvalue weighted by Crippen LogP contribution is -2.43. The average molecular weight is 537 g/mol. The number of ether oxygens (including phenoxy) is 1. The molecule has 4 rings (SSSR count). The molecule has 0 radical (unpaired) electrons. The van der Waals surface area contributed by atoms with E-state index in [1.165, 1.54) is 6.07 Å². The van der Waals surface area contributed by atoms with E-state index in [0.717, 1.165) is 33.5 Å². The number of rotatable bonds is 8. The van der Waals surface area contributed by atoms with Gasteiger partial charge in [0.2, 0.25) is 0 Å². The van der Waals surface area contributed by atoms with Crippen molar-refractivity contribution in [1.82, 2.24) is 14.3 Å². The Kier molecular flexibility index (Phi) is 7.20. The monoisotopic (exact) mass is 537 g/mol. The number of hydrogen-bond acceptors (Lipinski definition) is 11. The fraction of sp³-hybridized carbons (Fsp3) is 0.353. The van der Waals surface area contributed by atoms with Gasteiger partial charge < -0.3 is 29.3 Å². The van der Waals surface area contributed by atoms with Gasteiger partial charge in [-0.25, -0.2) is 18.1 Å². The van der Waals surface area contributed by atoms with Crippen LogP contribution in [-0.2, 0) is 29.2 Å². The van der Waals surface area contributed by atoms with Gasteiger partial charge in [0.25, 0.3) is 5.56 Å². The van der Waals surface area contributed by atoms with Crippen molar-refractivity contribution in [3.63, 3.8) is 0 Å². The molecule has 1 aromatic carbocycles. The van der Waals surface area contributed by atoms with Crippen LogP contribution >= 0.6 is 16.1 Å². The summed E-state index contributed by atoms with van der Waals surface area (Å²) in [5.41, 5.74) is -1.46. The van der Waals surface area contributed by atoms with E-state index >= 15 is 0 Å². The molecule has 2 aromatic heterocycles. The van der Waals surface area contributed by atoms with Crippen LogP contribution < -0.4 is 11.2 Å². The van der Waals surface area contributed by atoms with Gasteiger partial charge in [0, 0.05) is 23.7 Å². The number of fused-ring (bicyclic) bond motifs is 1. The topological polar surface area (TPSA) is 213 Å². The number of phosphoric acid groups is 1. The molecule has 0 spiro atoms. The van der Waals surface area contributed by atoms with E-state index in [2.05, 4.69) is 14.0 Å². The van der Waals surface area contributed by atoms with Crippen LogP contribution in [0.4, 0.5) is 4.39 Å². The molecule has 4 N–H and O–H groups in total. The molecule has 1 aliphatic rings. The number of phosphoric ester groups is 1. The predicted octanol–water partition coefficient (Wildman–Crippen LogP) is -0.527.